The molecule has 3 aromatic rings. The number of fused-ring (bicyclic) bond motifs is 1. The minimum atomic E-state index is -0.431. The van der Waals surface area contributed by atoms with Crippen LogP contribution in [0.2, 0.25) is 0 Å². The van der Waals surface area contributed by atoms with Crippen LogP contribution in [-0.2, 0) is 0 Å². The van der Waals surface area contributed by atoms with Crippen molar-refractivity contribution in [1.82, 2.24) is 4.90 Å². The molecule has 28 heavy (non-hydrogen) atoms. The molecule has 0 unspecified atom stereocenters. The third-order valence-electron chi connectivity index (χ3n) is 5.16. The molecule has 7 heteroatoms. The number of furan rings is 1. The summed E-state index contributed by atoms with van der Waals surface area (Å²) in [4.78, 5) is 25.3. The van der Waals surface area contributed by atoms with Crippen molar-refractivity contribution in [2.75, 3.05) is 5.32 Å². The molecular formula is C21H17N3O4. The maximum Gasteiger partial charge on any atom is 0.269 e. The lowest BCUT2D eigenvalue weighted by Gasteiger charge is -2.37. The minimum absolute atomic E-state index is 0.00939. The first-order valence-electron chi connectivity index (χ1n) is 9.14. The third-order valence-corrected chi connectivity index (χ3v) is 5.16. The SMILES string of the molecule is O=C1c2ccccc2N[C@H](c2ccc(-c3ccc([N+](=O)[O-])cc3)o2)N1C1CC1. The van der Waals surface area contributed by atoms with Gasteiger partial charge in [0.2, 0.25) is 0 Å². The standard InChI is InChI=1S/C21H17N3O4/c25-21-16-3-1-2-4-17(16)22-20(23(21)14-9-10-14)19-12-11-18(28-19)13-5-7-15(8-6-13)24(26)27/h1-8,11-12,14,20,22H,9-10H2/t20-/m0/s1. The number of benzene rings is 2. The van der Waals surface area contributed by atoms with E-state index in [1.54, 1.807) is 12.1 Å². The van der Waals surface area contributed by atoms with E-state index < -0.39 is 4.92 Å². The number of amides is 1. The highest BCUT2D eigenvalue weighted by Crippen LogP contribution is 2.41. The van der Waals surface area contributed by atoms with Gasteiger partial charge in [-0.05, 0) is 49.2 Å². The topological polar surface area (TPSA) is 88.6 Å². The van der Waals surface area contributed by atoms with Gasteiger partial charge in [-0.2, -0.15) is 0 Å². The summed E-state index contributed by atoms with van der Waals surface area (Å²) in [6.07, 6.45) is 1.60. The van der Waals surface area contributed by atoms with Crippen LogP contribution in [0, 0.1) is 10.1 Å². The Balaban J connectivity index is 1.49. The van der Waals surface area contributed by atoms with Crippen LogP contribution >= 0.6 is 0 Å². The Kier molecular flexibility index (Phi) is 3.68. The van der Waals surface area contributed by atoms with E-state index in [2.05, 4.69) is 5.32 Å². The molecule has 0 radical (unpaired) electrons. The molecule has 1 aromatic heterocycles. The smallest absolute Gasteiger partial charge is 0.269 e. The maximum absolute atomic E-state index is 13.0. The molecule has 2 aromatic carbocycles. The summed E-state index contributed by atoms with van der Waals surface area (Å²) in [6, 6.07) is 17.6. The zero-order valence-corrected chi connectivity index (χ0v) is 14.9. The molecule has 5 rings (SSSR count). The number of nitrogens with one attached hydrogen (secondary N) is 1. The van der Waals surface area contributed by atoms with Gasteiger partial charge in [-0.25, -0.2) is 0 Å². The summed E-state index contributed by atoms with van der Waals surface area (Å²) in [7, 11) is 0. The van der Waals surface area contributed by atoms with E-state index in [9.17, 15) is 14.9 Å². The Morgan fingerprint density at radius 3 is 2.50 bits per heavy atom. The molecule has 0 spiro atoms. The normalized spacial score (nSPS) is 18.5. The van der Waals surface area contributed by atoms with Crippen LogP contribution in [0.3, 0.4) is 0 Å². The fourth-order valence-electron chi connectivity index (χ4n) is 3.61. The first kappa shape index (κ1) is 16.6. The fourth-order valence-corrected chi connectivity index (χ4v) is 3.61. The lowest BCUT2D eigenvalue weighted by Crippen LogP contribution is -2.44. The molecule has 1 saturated carbocycles. The zero-order chi connectivity index (χ0) is 19.3. The summed E-state index contributed by atoms with van der Waals surface area (Å²) in [5.74, 6) is 1.26. The number of anilines is 1. The Morgan fingerprint density at radius 1 is 1.04 bits per heavy atom. The number of hydrogen-bond acceptors (Lipinski definition) is 5. The highest BCUT2D eigenvalue weighted by molar-refractivity contribution is 6.02. The molecular weight excluding hydrogens is 358 g/mol. The average Bonchev–Trinajstić information content (AvgIpc) is 3.43. The Hall–Kier alpha value is -3.61. The van der Waals surface area contributed by atoms with Gasteiger partial charge >= 0.3 is 0 Å². The van der Waals surface area contributed by atoms with Crippen molar-refractivity contribution < 1.29 is 14.1 Å². The number of non-ortho nitro benzene ring substituents is 1. The Labute approximate surface area is 160 Å². The van der Waals surface area contributed by atoms with Gasteiger partial charge in [0.25, 0.3) is 11.6 Å². The highest BCUT2D eigenvalue weighted by atomic mass is 16.6. The molecule has 1 N–H and O–H groups in total. The fraction of sp³-hybridized carbons (Fsp3) is 0.190. The molecule has 1 atom stereocenters. The van der Waals surface area contributed by atoms with Crippen LogP contribution in [0.1, 0.15) is 35.1 Å². The van der Waals surface area contributed by atoms with Crippen LogP contribution in [0.5, 0.6) is 0 Å². The highest BCUT2D eigenvalue weighted by Gasteiger charge is 2.43. The van der Waals surface area contributed by atoms with Crippen molar-refractivity contribution >= 4 is 17.3 Å². The Bertz CT molecular complexity index is 1070. The van der Waals surface area contributed by atoms with Gasteiger partial charge < -0.3 is 14.6 Å². The van der Waals surface area contributed by atoms with Crippen LogP contribution in [0.4, 0.5) is 11.4 Å². The molecule has 0 bridgehead atoms. The molecule has 140 valence electrons. The van der Waals surface area contributed by atoms with Gasteiger partial charge in [0.1, 0.15) is 11.5 Å². The number of carbonyl (C=O) groups is 1. The van der Waals surface area contributed by atoms with Gasteiger partial charge in [0.15, 0.2) is 6.17 Å². The van der Waals surface area contributed by atoms with E-state index in [1.807, 2.05) is 41.3 Å². The number of nitro benzene ring substituents is 1. The maximum atomic E-state index is 13.0. The van der Waals surface area contributed by atoms with E-state index >= 15 is 0 Å². The van der Waals surface area contributed by atoms with Crippen LogP contribution in [0.25, 0.3) is 11.3 Å². The lowest BCUT2D eigenvalue weighted by atomic mass is 10.1. The van der Waals surface area contributed by atoms with Crippen molar-refractivity contribution in [3.63, 3.8) is 0 Å². The molecule has 7 nitrogen and oxygen atoms in total. The molecule has 1 amide bonds. The van der Waals surface area contributed by atoms with E-state index in [1.165, 1.54) is 12.1 Å². The summed E-state index contributed by atoms with van der Waals surface area (Å²) < 4.78 is 6.05. The van der Waals surface area contributed by atoms with Crippen molar-refractivity contribution in [3.05, 3.63) is 82.1 Å². The summed E-state index contributed by atoms with van der Waals surface area (Å²) in [6.45, 7) is 0. The lowest BCUT2D eigenvalue weighted by molar-refractivity contribution is -0.384. The van der Waals surface area contributed by atoms with Gasteiger partial charge in [-0.1, -0.05) is 12.1 Å². The third kappa shape index (κ3) is 2.72. The molecule has 1 aliphatic heterocycles. The van der Waals surface area contributed by atoms with E-state index in [4.69, 9.17) is 4.42 Å². The summed E-state index contributed by atoms with van der Waals surface area (Å²) in [5, 5.41) is 14.3. The number of carbonyl (C=O) groups excluding carboxylic acids is 1. The second-order valence-corrected chi connectivity index (χ2v) is 7.04. The molecule has 2 aliphatic rings. The molecule has 1 aliphatic carbocycles. The van der Waals surface area contributed by atoms with Gasteiger partial charge in [0, 0.05) is 29.4 Å². The van der Waals surface area contributed by atoms with Crippen LogP contribution in [-0.4, -0.2) is 21.8 Å². The average molecular weight is 375 g/mol. The van der Waals surface area contributed by atoms with E-state index in [0.717, 1.165) is 24.1 Å². The monoisotopic (exact) mass is 375 g/mol. The van der Waals surface area contributed by atoms with Gasteiger partial charge in [-0.3, -0.25) is 14.9 Å². The van der Waals surface area contributed by atoms with Crippen molar-refractivity contribution in [2.45, 2.75) is 25.0 Å². The van der Waals surface area contributed by atoms with E-state index in [0.29, 0.717) is 17.1 Å². The number of hydrogen-bond donors (Lipinski definition) is 1. The van der Waals surface area contributed by atoms with Gasteiger partial charge in [-0.15, -0.1) is 0 Å². The predicted octanol–water partition coefficient (Wildman–Crippen LogP) is 4.58. The number of nitro groups is 1. The molecule has 0 saturated heterocycles. The van der Waals surface area contributed by atoms with E-state index in [-0.39, 0.29) is 23.8 Å². The van der Waals surface area contributed by atoms with Crippen LogP contribution in [0.15, 0.2) is 65.1 Å². The predicted molar refractivity (Wildman–Crippen MR) is 103 cm³/mol. The zero-order valence-electron chi connectivity index (χ0n) is 14.9. The van der Waals surface area contributed by atoms with Crippen molar-refractivity contribution in [3.8, 4) is 11.3 Å². The number of rotatable bonds is 4. The molecule has 1 fully saturated rings. The second-order valence-electron chi connectivity index (χ2n) is 7.04. The largest absolute Gasteiger partial charge is 0.457 e. The summed E-state index contributed by atoms with van der Waals surface area (Å²) in [5.41, 5.74) is 2.25. The quantitative estimate of drug-likeness (QED) is 0.532. The van der Waals surface area contributed by atoms with Gasteiger partial charge in [0.05, 0.1) is 10.5 Å². The summed E-state index contributed by atoms with van der Waals surface area (Å²) >= 11 is 0. The minimum Gasteiger partial charge on any atom is -0.457 e. The first-order chi connectivity index (χ1) is 13.6. The number of nitrogens with zero attached hydrogens (tertiary/aromatic N) is 2. The Morgan fingerprint density at radius 2 is 1.79 bits per heavy atom. The second kappa shape index (κ2) is 6.23. The van der Waals surface area contributed by atoms with Crippen molar-refractivity contribution in [1.29, 1.82) is 0 Å². The van der Waals surface area contributed by atoms with Crippen LogP contribution < -0.4 is 5.32 Å². The number of para-hydroxylation sites is 1. The van der Waals surface area contributed by atoms with Crippen molar-refractivity contribution in [2.24, 2.45) is 0 Å². The molecule has 2 heterocycles. The first-order valence-corrected chi connectivity index (χ1v) is 9.14.